The van der Waals surface area contributed by atoms with Crippen molar-refractivity contribution in [3.63, 3.8) is 0 Å². The molecule has 0 spiro atoms. The van der Waals surface area contributed by atoms with E-state index >= 15 is 0 Å². The molecule has 0 aliphatic rings. The molecule has 62 valence electrons. The van der Waals surface area contributed by atoms with E-state index in [9.17, 15) is 0 Å². The van der Waals surface area contributed by atoms with Gasteiger partial charge in [0, 0.05) is 6.54 Å². The molecule has 1 unspecified atom stereocenters. The van der Waals surface area contributed by atoms with Crippen LogP contribution in [0.4, 0.5) is 0 Å². The molecule has 0 aromatic heterocycles. The minimum absolute atomic E-state index is 0.367. The molecule has 0 aromatic carbocycles. The standard InChI is InChI=1S/C8H19NO/c1-7(6-9-10-5)8(2,3)4/h7,9H,6H2,1-5H3. The second kappa shape index (κ2) is 3.94. The first kappa shape index (κ1) is 9.92. The van der Waals surface area contributed by atoms with E-state index in [0.29, 0.717) is 11.3 Å². The number of hydrogen-bond donors (Lipinski definition) is 1. The van der Waals surface area contributed by atoms with Crippen LogP contribution in [0.15, 0.2) is 0 Å². The summed E-state index contributed by atoms with van der Waals surface area (Å²) in [6.45, 7) is 9.82. The monoisotopic (exact) mass is 145 g/mol. The maximum atomic E-state index is 4.76. The summed E-state index contributed by atoms with van der Waals surface area (Å²) in [4.78, 5) is 4.76. The van der Waals surface area contributed by atoms with Crippen molar-refractivity contribution in [1.82, 2.24) is 5.48 Å². The molecule has 1 atom stereocenters. The maximum absolute atomic E-state index is 4.76. The molecular formula is C8H19NO. The van der Waals surface area contributed by atoms with Gasteiger partial charge in [0.05, 0.1) is 7.11 Å². The normalized spacial score (nSPS) is 15.3. The van der Waals surface area contributed by atoms with E-state index in [0.717, 1.165) is 6.54 Å². The minimum atomic E-state index is 0.367. The fraction of sp³-hybridized carbons (Fsp3) is 1.00. The van der Waals surface area contributed by atoms with Crippen LogP contribution in [-0.2, 0) is 4.84 Å². The highest BCUT2D eigenvalue weighted by Gasteiger charge is 2.18. The Balaban J connectivity index is 3.52. The van der Waals surface area contributed by atoms with Gasteiger partial charge in [0.2, 0.25) is 0 Å². The van der Waals surface area contributed by atoms with Gasteiger partial charge in [-0.3, -0.25) is 0 Å². The molecule has 0 bridgehead atoms. The van der Waals surface area contributed by atoms with Crippen LogP contribution >= 0.6 is 0 Å². The van der Waals surface area contributed by atoms with Gasteiger partial charge in [-0.15, -0.1) is 0 Å². The first-order valence-corrected chi connectivity index (χ1v) is 3.74. The third-order valence-corrected chi connectivity index (χ3v) is 2.01. The smallest absolute Gasteiger partial charge is 0.0572 e. The topological polar surface area (TPSA) is 21.3 Å². The zero-order chi connectivity index (χ0) is 8.20. The SMILES string of the molecule is CONCC(C)C(C)(C)C. The van der Waals surface area contributed by atoms with Crippen molar-refractivity contribution in [2.45, 2.75) is 27.7 Å². The van der Waals surface area contributed by atoms with Gasteiger partial charge in [-0.05, 0) is 11.3 Å². The van der Waals surface area contributed by atoms with Crippen molar-refractivity contribution in [2.75, 3.05) is 13.7 Å². The Kier molecular flexibility index (Phi) is 3.91. The summed E-state index contributed by atoms with van der Waals surface area (Å²) in [5, 5.41) is 0. The Morgan fingerprint density at radius 3 is 2.20 bits per heavy atom. The number of hydroxylamine groups is 1. The first-order valence-electron chi connectivity index (χ1n) is 3.74. The van der Waals surface area contributed by atoms with Crippen LogP contribution in [-0.4, -0.2) is 13.7 Å². The molecule has 0 saturated carbocycles. The van der Waals surface area contributed by atoms with E-state index in [4.69, 9.17) is 4.84 Å². The average molecular weight is 145 g/mol. The molecule has 10 heavy (non-hydrogen) atoms. The fourth-order valence-electron chi connectivity index (χ4n) is 0.515. The Bertz CT molecular complexity index is 85.7. The molecule has 0 radical (unpaired) electrons. The summed E-state index contributed by atoms with van der Waals surface area (Å²) < 4.78 is 0. The van der Waals surface area contributed by atoms with Gasteiger partial charge < -0.3 is 4.84 Å². The number of nitrogens with one attached hydrogen (secondary N) is 1. The molecule has 0 aromatic rings. The van der Waals surface area contributed by atoms with Gasteiger partial charge in [-0.25, -0.2) is 5.48 Å². The van der Waals surface area contributed by atoms with E-state index in [1.807, 2.05) is 0 Å². The first-order chi connectivity index (χ1) is 4.48. The van der Waals surface area contributed by atoms with E-state index in [1.54, 1.807) is 7.11 Å². The van der Waals surface area contributed by atoms with Crippen LogP contribution in [0.25, 0.3) is 0 Å². The lowest BCUT2D eigenvalue weighted by Crippen LogP contribution is -2.28. The highest BCUT2D eigenvalue weighted by Crippen LogP contribution is 2.24. The Hall–Kier alpha value is -0.0800. The van der Waals surface area contributed by atoms with Crippen molar-refractivity contribution in [2.24, 2.45) is 11.3 Å². The summed E-state index contributed by atoms with van der Waals surface area (Å²) in [5.74, 6) is 0.632. The lowest BCUT2D eigenvalue weighted by molar-refractivity contribution is 0.0650. The van der Waals surface area contributed by atoms with Gasteiger partial charge in [0.1, 0.15) is 0 Å². The molecule has 0 rings (SSSR count). The maximum Gasteiger partial charge on any atom is 0.0572 e. The number of rotatable bonds is 3. The minimum Gasteiger partial charge on any atom is -0.305 e. The molecular weight excluding hydrogens is 126 g/mol. The molecule has 0 aliphatic carbocycles. The van der Waals surface area contributed by atoms with E-state index in [1.165, 1.54) is 0 Å². The van der Waals surface area contributed by atoms with Crippen LogP contribution in [0, 0.1) is 11.3 Å². The molecule has 0 amide bonds. The molecule has 2 heteroatoms. The van der Waals surface area contributed by atoms with Crippen LogP contribution in [0.2, 0.25) is 0 Å². The van der Waals surface area contributed by atoms with Crippen molar-refractivity contribution in [1.29, 1.82) is 0 Å². The molecule has 1 N–H and O–H groups in total. The second-order valence-corrected chi connectivity index (χ2v) is 3.82. The summed E-state index contributed by atoms with van der Waals surface area (Å²) in [5.41, 5.74) is 3.22. The second-order valence-electron chi connectivity index (χ2n) is 3.82. The van der Waals surface area contributed by atoms with Crippen LogP contribution < -0.4 is 5.48 Å². The van der Waals surface area contributed by atoms with Gasteiger partial charge in [0.25, 0.3) is 0 Å². The summed E-state index contributed by atoms with van der Waals surface area (Å²) in [6, 6.07) is 0. The Labute approximate surface area is 63.9 Å². The Morgan fingerprint density at radius 2 is 1.90 bits per heavy atom. The van der Waals surface area contributed by atoms with Gasteiger partial charge in [-0.2, -0.15) is 0 Å². The van der Waals surface area contributed by atoms with Crippen LogP contribution in [0.1, 0.15) is 27.7 Å². The molecule has 0 aliphatic heterocycles. The third kappa shape index (κ3) is 3.85. The van der Waals surface area contributed by atoms with E-state index in [2.05, 4.69) is 33.2 Å². The quantitative estimate of drug-likeness (QED) is 0.612. The lowest BCUT2D eigenvalue weighted by Gasteiger charge is -2.26. The van der Waals surface area contributed by atoms with Crippen molar-refractivity contribution >= 4 is 0 Å². The largest absolute Gasteiger partial charge is 0.305 e. The lowest BCUT2D eigenvalue weighted by atomic mass is 9.82. The molecule has 0 heterocycles. The third-order valence-electron chi connectivity index (χ3n) is 2.01. The molecule has 0 fully saturated rings. The van der Waals surface area contributed by atoms with Crippen molar-refractivity contribution in [3.8, 4) is 0 Å². The zero-order valence-electron chi connectivity index (χ0n) is 7.69. The molecule has 0 saturated heterocycles. The predicted octanol–water partition coefficient (Wildman–Crippen LogP) is 1.82. The van der Waals surface area contributed by atoms with Crippen molar-refractivity contribution in [3.05, 3.63) is 0 Å². The summed E-state index contributed by atoms with van der Waals surface area (Å²) in [6.07, 6.45) is 0. The zero-order valence-corrected chi connectivity index (χ0v) is 7.69. The van der Waals surface area contributed by atoms with Gasteiger partial charge in [0.15, 0.2) is 0 Å². The van der Waals surface area contributed by atoms with Crippen molar-refractivity contribution < 1.29 is 4.84 Å². The summed E-state index contributed by atoms with van der Waals surface area (Å²) >= 11 is 0. The van der Waals surface area contributed by atoms with Crippen LogP contribution in [0.5, 0.6) is 0 Å². The Morgan fingerprint density at radius 1 is 1.40 bits per heavy atom. The number of hydrogen-bond acceptors (Lipinski definition) is 2. The highest BCUT2D eigenvalue weighted by atomic mass is 16.6. The van der Waals surface area contributed by atoms with E-state index in [-0.39, 0.29) is 0 Å². The summed E-state index contributed by atoms with van der Waals surface area (Å²) in [7, 11) is 1.65. The highest BCUT2D eigenvalue weighted by molar-refractivity contribution is 4.70. The van der Waals surface area contributed by atoms with Crippen LogP contribution in [0.3, 0.4) is 0 Å². The fourth-order valence-corrected chi connectivity index (χ4v) is 0.515. The van der Waals surface area contributed by atoms with Gasteiger partial charge in [-0.1, -0.05) is 27.7 Å². The van der Waals surface area contributed by atoms with Gasteiger partial charge >= 0.3 is 0 Å². The van der Waals surface area contributed by atoms with E-state index < -0.39 is 0 Å². The molecule has 2 nitrogen and oxygen atoms in total. The average Bonchev–Trinajstić information content (AvgIpc) is 1.80. The predicted molar refractivity (Wildman–Crippen MR) is 43.6 cm³/mol.